The maximum Gasteiger partial charge on any atom is 0.257 e. The van der Waals surface area contributed by atoms with E-state index in [1.165, 1.54) is 0 Å². The predicted molar refractivity (Wildman–Crippen MR) is 114 cm³/mol. The summed E-state index contributed by atoms with van der Waals surface area (Å²) in [6.45, 7) is 4.38. The van der Waals surface area contributed by atoms with Gasteiger partial charge < -0.3 is 19.8 Å². The maximum absolute atomic E-state index is 13.2. The summed E-state index contributed by atoms with van der Waals surface area (Å²) < 4.78 is 11.0. The topological polar surface area (TPSA) is 93.3 Å². The smallest absolute Gasteiger partial charge is 0.257 e. The zero-order valence-electron chi connectivity index (χ0n) is 16.9. The van der Waals surface area contributed by atoms with Crippen LogP contribution >= 0.6 is 11.8 Å². The van der Waals surface area contributed by atoms with Gasteiger partial charge in [0, 0.05) is 28.9 Å². The number of aromatic amines is 1. The molecule has 156 valence electrons. The summed E-state index contributed by atoms with van der Waals surface area (Å²) >= 11 is 1.55. The number of carbonyl (C=O) groups excluding carboxylic acids is 1. The van der Waals surface area contributed by atoms with Gasteiger partial charge in [0.05, 0.1) is 5.56 Å². The Morgan fingerprint density at radius 1 is 1.23 bits per heavy atom. The van der Waals surface area contributed by atoms with Crippen molar-refractivity contribution in [3.05, 3.63) is 50.9 Å². The van der Waals surface area contributed by atoms with Crippen LogP contribution < -0.4 is 20.3 Å². The van der Waals surface area contributed by atoms with Crippen LogP contribution in [-0.4, -0.2) is 27.8 Å². The van der Waals surface area contributed by atoms with Crippen LogP contribution in [0.5, 0.6) is 11.5 Å². The number of benzene rings is 1. The van der Waals surface area contributed by atoms with Gasteiger partial charge in [-0.2, -0.15) is 0 Å². The van der Waals surface area contributed by atoms with Gasteiger partial charge >= 0.3 is 0 Å². The van der Waals surface area contributed by atoms with Crippen molar-refractivity contribution in [2.24, 2.45) is 0 Å². The molecule has 2 N–H and O–H groups in total. The lowest BCUT2D eigenvalue weighted by molar-refractivity contribution is -0.116. The van der Waals surface area contributed by atoms with E-state index >= 15 is 0 Å². The van der Waals surface area contributed by atoms with E-state index in [9.17, 15) is 9.59 Å². The molecule has 7 nitrogen and oxygen atoms in total. The third-order valence-electron chi connectivity index (χ3n) is 5.85. The first-order chi connectivity index (χ1) is 14.5. The van der Waals surface area contributed by atoms with Crippen molar-refractivity contribution in [1.82, 2.24) is 9.97 Å². The van der Waals surface area contributed by atoms with Crippen molar-refractivity contribution < 1.29 is 14.3 Å². The third kappa shape index (κ3) is 3.19. The fraction of sp³-hybridized carbons (Fsp3) is 0.409. The summed E-state index contributed by atoms with van der Waals surface area (Å²) in [5, 5.41) is 4.24. The Hall–Kier alpha value is -2.74. The standard InChI is InChI=1S/C22H23N3O4S/c1-3-11(2)30-22-24-20-19(21(27)25-22)17(18-13(23-20)5-4-6-14(18)26)12-7-8-15-16(9-12)29-10-28-15/h7-9,11,17H,3-6,10H2,1-2H3,(H2,23,24,25,27)/t11-,17-/m1/s1. The van der Waals surface area contributed by atoms with Crippen LogP contribution in [0.3, 0.4) is 0 Å². The van der Waals surface area contributed by atoms with Crippen molar-refractivity contribution in [2.75, 3.05) is 12.1 Å². The fourth-order valence-corrected chi connectivity index (χ4v) is 5.04. The number of Topliss-reactive ketones (excluding diaryl/α,β-unsaturated/α-hetero) is 1. The molecule has 0 bridgehead atoms. The second kappa shape index (κ2) is 7.50. The summed E-state index contributed by atoms with van der Waals surface area (Å²) in [6, 6.07) is 5.61. The number of allylic oxidation sites excluding steroid dienone is 2. The molecule has 1 aromatic heterocycles. The minimum Gasteiger partial charge on any atom is -0.454 e. The van der Waals surface area contributed by atoms with Crippen LogP contribution in [0.2, 0.25) is 0 Å². The van der Waals surface area contributed by atoms with E-state index in [-0.39, 0.29) is 18.1 Å². The summed E-state index contributed by atoms with van der Waals surface area (Å²) in [5.74, 6) is 1.45. The van der Waals surface area contributed by atoms with Crippen LogP contribution in [-0.2, 0) is 4.79 Å². The highest BCUT2D eigenvalue weighted by Gasteiger charge is 2.38. The van der Waals surface area contributed by atoms with E-state index in [0.717, 1.165) is 30.5 Å². The molecule has 1 aromatic carbocycles. The number of ketones is 1. The zero-order chi connectivity index (χ0) is 20.8. The van der Waals surface area contributed by atoms with Crippen molar-refractivity contribution in [3.63, 3.8) is 0 Å². The molecule has 1 aliphatic carbocycles. The first-order valence-corrected chi connectivity index (χ1v) is 11.2. The largest absolute Gasteiger partial charge is 0.454 e. The van der Waals surface area contributed by atoms with Gasteiger partial charge in [0.15, 0.2) is 22.4 Å². The number of aromatic nitrogens is 2. The van der Waals surface area contributed by atoms with Crippen molar-refractivity contribution in [1.29, 1.82) is 0 Å². The molecule has 8 heteroatoms. The number of hydrogen-bond donors (Lipinski definition) is 2. The zero-order valence-corrected chi connectivity index (χ0v) is 17.7. The van der Waals surface area contributed by atoms with Gasteiger partial charge in [-0.05, 0) is 37.0 Å². The Labute approximate surface area is 178 Å². The second-order valence-corrected chi connectivity index (χ2v) is 9.24. The van der Waals surface area contributed by atoms with E-state index in [1.807, 2.05) is 18.2 Å². The Morgan fingerprint density at radius 3 is 2.90 bits per heavy atom. The monoisotopic (exact) mass is 425 g/mol. The molecule has 2 atom stereocenters. The number of anilines is 1. The molecule has 0 saturated carbocycles. The first-order valence-electron chi connectivity index (χ1n) is 10.3. The minimum absolute atomic E-state index is 0.0783. The van der Waals surface area contributed by atoms with Crippen LogP contribution in [0, 0.1) is 0 Å². The van der Waals surface area contributed by atoms with E-state index in [2.05, 4.69) is 24.1 Å². The van der Waals surface area contributed by atoms with E-state index < -0.39 is 5.92 Å². The van der Waals surface area contributed by atoms with E-state index in [0.29, 0.717) is 45.3 Å². The summed E-state index contributed by atoms with van der Waals surface area (Å²) in [4.78, 5) is 33.8. The van der Waals surface area contributed by atoms with Gasteiger partial charge in [-0.1, -0.05) is 31.7 Å². The van der Waals surface area contributed by atoms with Gasteiger partial charge in [0.2, 0.25) is 6.79 Å². The highest BCUT2D eigenvalue weighted by molar-refractivity contribution is 7.99. The Kier molecular flexibility index (Phi) is 4.81. The summed E-state index contributed by atoms with van der Waals surface area (Å²) in [5.41, 5.74) is 2.64. The number of H-pyrrole nitrogens is 1. The average Bonchev–Trinajstić information content (AvgIpc) is 3.20. The number of thioether (sulfide) groups is 1. The minimum atomic E-state index is -0.475. The molecule has 0 fully saturated rings. The van der Waals surface area contributed by atoms with Gasteiger partial charge in [0.1, 0.15) is 5.82 Å². The lowest BCUT2D eigenvalue weighted by atomic mass is 9.76. The molecule has 2 aromatic rings. The van der Waals surface area contributed by atoms with Crippen LogP contribution in [0.25, 0.3) is 0 Å². The van der Waals surface area contributed by atoms with Crippen molar-refractivity contribution in [3.8, 4) is 11.5 Å². The number of nitrogens with zero attached hydrogens (tertiary/aromatic N) is 1. The molecule has 2 aliphatic heterocycles. The molecular weight excluding hydrogens is 402 g/mol. The molecule has 5 rings (SSSR count). The molecule has 30 heavy (non-hydrogen) atoms. The molecule has 0 unspecified atom stereocenters. The number of carbonyl (C=O) groups is 1. The summed E-state index contributed by atoms with van der Waals surface area (Å²) in [6.07, 6.45) is 3.03. The van der Waals surface area contributed by atoms with E-state index in [1.54, 1.807) is 11.8 Å². The fourth-order valence-electron chi connectivity index (χ4n) is 4.20. The normalized spacial score (nSPS) is 20.5. The Balaban J connectivity index is 1.67. The van der Waals surface area contributed by atoms with Gasteiger partial charge in [-0.3, -0.25) is 9.59 Å². The lowest BCUT2D eigenvalue weighted by Crippen LogP contribution is -2.32. The van der Waals surface area contributed by atoms with Crippen LogP contribution in [0.15, 0.2) is 39.4 Å². The second-order valence-electron chi connectivity index (χ2n) is 7.81. The van der Waals surface area contributed by atoms with Gasteiger partial charge in [-0.15, -0.1) is 0 Å². The average molecular weight is 426 g/mol. The van der Waals surface area contributed by atoms with Crippen LogP contribution in [0.4, 0.5) is 5.82 Å². The van der Waals surface area contributed by atoms with E-state index in [4.69, 9.17) is 14.5 Å². The third-order valence-corrected chi connectivity index (χ3v) is 7.01. The molecule has 3 heterocycles. The number of ether oxygens (including phenoxy) is 2. The highest BCUT2D eigenvalue weighted by Crippen LogP contribution is 2.45. The van der Waals surface area contributed by atoms with Crippen molar-refractivity contribution in [2.45, 2.75) is 55.9 Å². The molecular formula is C22H23N3O4S. The lowest BCUT2D eigenvalue weighted by Gasteiger charge is -2.32. The molecule has 0 amide bonds. The number of fused-ring (bicyclic) bond motifs is 2. The number of rotatable bonds is 4. The van der Waals surface area contributed by atoms with Crippen LogP contribution in [0.1, 0.15) is 56.6 Å². The highest BCUT2D eigenvalue weighted by atomic mass is 32.2. The maximum atomic E-state index is 13.2. The summed E-state index contributed by atoms with van der Waals surface area (Å²) in [7, 11) is 0. The quantitative estimate of drug-likeness (QED) is 0.566. The molecule has 3 aliphatic rings. The molecule has 0 spiro atoms. The number of nitrogens with one attached hydrogen (secondary N) is 2. The molecule has 0 radical (unpaired) electrons. The predicted octanol–water partition coefficient (Wildman–Crippen LogP) is 3.95. The number of hydrogen-bond acceptors (Lipinski definition) is 7. The molecule has 0 saturated heterocycles. The van der Waals surface area contributed by atoms with Gasteiger partial charge in [0.25, 0.3) is 5.56 Å². The van der Waals surface area contributed by atoms with Gasteiger partial charge in [-0.25, -0.2) is 4.98 Å². The van der Waals surface area contributed by atoms with Crippen molar-refractivity contribution >= 4 is 23.4 Å². The SMILES string of the molecule is CC[C@@H](C)Sc1nc2c(c(=O)[nH]1)[C@H](c1ccc3c(c1)OCO3)C1=C(CCCC1=O)N2. The Bertz CT molecular complexity index is 1120. The first kappa shape index (κ1) is 19.2. The Morgan fingerprint density at radius 2 is 2.07 bits per heavy atom.